The zero-order valence-corrected chi connectivity index (χ0v) is 14.5. The van der Waals surface area contributed by atoms with Gasteiger partial charge in [-0.1, -0.05) is 0 Å². The fourth-order valence-corrected chi connectivity index (χ4v) is 3.99. The number of rotatable bonds is 0. The molecule has 0 aromatic heterocycles. The molecule has 4 heteroatoms. The third kappa shape index (κ3) is 2.34. The average molecular weight is 320 g/mol. The minimum atomic E-state index is -0.553. The number of benzene rings is 4. The van der Waals surface area contributed by atoms with E-state index in [1.807, 2.05) is 0 Å². The van der Waals surface area contributed by atoms with Gasteiger partial charge >= 0.3 is 159 Å². The van der Waals surface area contributed by atoms with E-state index in [0.29, 0.717) is 0 Å². The van der Waals surface area contributed by atoms with E-state index in [2.05, 4.69) is 72.8 Å². The van der Waals surface area contributed by atoms with Gasteiger partial charge in [0.2, 0.25) is 0 Å². The van der Waals surface area contributed by atoms with Crippen molar-refractivity contribution in [3.63, 3.8) is 0 Å². The van der Waals surface area contributed by atoms with Crippen molar-refractivity contribution < 1.29 is 29.3 Å². The van der Waals surface area contributed by atoms with Crippen molar-refractivity contribution in [3.05, 3.63) is 72.8 Å². The van der Waals surface area contributed by atoms with Gasteiger partial charge in [0.1, 0.15) is 0 Å². The van der Waals surface area contributed by atoms with E-state index >= 15 is 0 Å². The van der Waals surface area contributed by atoms with E-state index in [1.165, 1.54) is 21.5 Å². The number of hydrogen-bond donors (Lipinski definition) is 0. The van der Waals surface area contributed by atoms with Crippen molar-refractivity contribution in [3.8, 4) is 22.6 Å². The van der Waals surface area contributed by atoms with E-state index in [9.17, 15) is 0 Å². The monoisotopic (exact) mass is 320 g/mol. The molecule has 0 saturated heterocycles. The molecular formula is C20H14AlLiO2. The van der Waals surface area contributed by atoms with Crippen LogP contribution in [0.5, 0.6) is 11.5 Å². The Bertz CT molecular complexity index is 987. The first-order valence-electron chi connectivity index (χ1n) is 7.61. The van der Waals surface area contributed by atoms with Gasteiger partial charge in [-0.15, -0.1) is 0 Å². The Morgan fingerprint density at radius 1 is 0.583 bits per heavy atom. The standard InChI is InChI=1S/C20H14O2.Al.Li.2H/c21-17-11-9-13-5-1-3-7-15(13)19(17)20-16-8-4-2-6-14(16)10-12-18(20)22;;;;/h1-12,21-22H;;;;/q;+3;+1;2*-1/p-2. The Morgan fingerprint density at radius 2 is 1.04 bits per heavy atom. The molecule has 0 bridgehead atoms. The van der Waals surface area contributed by atoms with Crippen LogP contribution >= 0.6 is 0 Å². The van der Waals surface area contributed by atoms with E-state index < -0.39 is 15.9 Å². The van der Waals surface area contributed by atoms with Gasteiger partial charge in [0, 0.05) is 0 Å². The fraction of sp³-hybridized carbons (Fsp3) is 0. The van der Waals surface area contributed by atoms with Gasteiger partial charge in [-0.3, -0.25) is 0 Å². The molecule has 24 heavy (non-hydrogen) atoms. The summed E-state index contributed by atoms with van der Waals surface area (Å²) in [5.74, 6) is 1.82. The summed E-state index contributed by atoms with van der Waals surface area (Å²) in [5.41, 5.74) is 2.28. The molecule has 110 valence electrons. The van der Waals surface area contributed by atoms with Crippen LogP contribution in [0.4, 0.5) is 0 Å². The van der Waals surface area contributed by atoms with Gasteiger partial charge in [-0.2, -0.15) is 0 Å². The predicted molar refractivity (Wildman–Crippen MR) is 96.1 cm³/mol. The van der Waals surface area contributed by atoms with Crippen molar-refractivity contribution in [2.75, 3.05) is 0 Å². The van der Waals surface area contributed by atoms with Gasteiger partial charge < -0.3 is 2.85 Å². The Labute approximate surface area is 161 Å². The molecule has 0 N–H and O–H groups in total. The summed E-state index contributed by atoms with van der Waals surface area (Å²) in [7, 11) is 0. The molecule has 1 aliphatic rings. The Balaban J connectivity index is 0.000000810. The van der Waals surface area contributed by atoms with Gasteiger partial charge in [-0.25, -0.2) is 0 Å². The summed E-state index contributed by atoms with van der Waals surface area (Å²) < 4.78 is 11.9. The summed E-state index contributed by atoms with van der Waals surface area (Å²) in [5, 5.41) is 4.83. The molecule has 0 atom stereocenters. The second kappa shape index (κ2) is 6.21. The number of fused-ring (bicyclic) bond motifs is 7. The molecule has 0 radical (unpaired) electrons. The quantitative estimate of drug-likeness (QED) is 0.463. The molecule has 0 aliphatic carbocycles. The first-order valence-corrected chi connectivity index (χ1v) is 8.55. The van der Waals surface area contributed by atoms with Crippen LogP contribution in [0.1, 0.15) is 2.85 Å². The molecule has 4 aromatic carbocycles. The molecule has 0 fully saturated rings. The normalized spacial score (nSPS) is 11.7. The molecule has 5 rings (SSSR count). The van der Waals surface area contributed by atoms with Crippen LogP contribution in [-0.2, 0) is 0 Å². The summed E-state index contributed by atoms with van der Waals surface area (Å²) in [6.07, 6.45) is 0. The third-order valence-electron chi connectivity index (χ3n) is 4.38. The van der Waals surface area contributed by atoms with Crippen LogP contribution in [0.3, 0.4) is 0 Å². The Kier molecular flexibility index (Phi) is 4.05. The van der Waals surface area contributed by atoms with Gasteiger partial charge in [0.05, 0.1) is 0 Å². The van der Waals surface area contributed by atoms with Crippen LogP contribution in [-0.4, -0.2) is 15.9 Å². The Morgan fingerprint density at radius 3 is 1.54 bits per heavy atom. The molecule has 1 aliphatic heterocycles. The molecule has 0 amide bonds. The van der Waals surface area contributed by atoms with Gasteiger partial charge in [-0.05, 0) is 0 Å². The van der Waals surface area contributed by atoms with Crippen molar-refractivity contribution >= 4 is 37.4 Å². The molecule has 0 unspecified atom stereocenters. The van der Waals surface area contributed by atoms with E-state index in [1.54, 1.807) is 0 Å². The topological polar surface area (TPSA) is 18.5 Å². The number of hydrogen-bond acceptors (Lipinski definition) is 2. The van der Waals surface area contributed by atoms with Crippen LogP contribution in [0.15, 0.2) is 72.8 Å². The van der Waals surface area contributed by atoms with Crippen molar-refractivity contribution in [2.24, 2.45) is 0 Å². The summed E-state index contributed by atoms with van der Waals surface area (Å²) in [6.45, 7) is 0. The summed E-state index contributed by atoms with van der Waals surface area (Å²) in [6, 6.07) is 25.2. The van der Waals surface area contributed by atoms with E-state index in [0.717, 1.165) is 22.6 Å². The predicted octanol–water partition coefficient (Wildman–Crippen LogP) is 2.19. The third-order valence-corrected chi connectivity index (χ3v) is 5.08. The minimum absolute atomic E-state index is 0. The van der Waals surface area contributed by atoms with Crippen LogP contribution < -0.4 is 26.4 Å². The molecular weight excluding hydrogens is 306 g/mol. The second-order valence-corrected chi connectivity index (χ2v) is 6.32. The first kappa shape index (κ1) is 15.6. The molecule has 0 spiro atoms. The molecule has 4 aromatic rings. The van der Waals surface area contributed by atoms with Crippen molar-refractivity contribution in [1.82, 2.24) is 0 Å². The fourth-order valence-electron chi connectivity index (χ4n) is 3.34. The van der Waals surface area contributed by atoms with Crippen molar-refractivity contribution in [2.45, 2.75) is 0 Å². The molecule has 2 nitrogen and oxygen atoms in total. The summed E-state index contributed by atoms with van der Waals surface area (Å²) in [4.78, 5) is 0. The maximum absolute atomic E-state index is 5.95. The first-order chi connectivity index (χ1) is 11.4. The Hall–Kier alpha value is -1.87. The van der Waals surface area contributed by atoms with E-state index in [-0.39, 0.29) is 21.7 Å². The zero-order valence-electron chi connectivity index (χ0n) is 15.3. The van der Waals surface area contributed by atoms with Crippen LogP contribution in [0.25, 0.3) is 32.7 Å². The zero-order chi connectivity index (χ0) is 15.2. The SMILES string of the molecule is [H-].[H-].[Li+].c1ccc2c3c(ccc2c1)[O][Al+][O]c1ccc2ccccc2c1-3. The van der Waals surface area contributed by atoms with Crippen LogP contribution in [0.2, 0.25) is 0 Å². The molecule has 0 saturated carbocycles. The van der Waals surface area contributed by atoms with Crippen LogP contribution in [0, 0.1) is 0 Å². The molecule has 1 heterocycles. The maximum atomic E-state index is 5.95. The van der Waals surface area contributed by atoms with Crippen molar-refractivity contribution in [1.29, 1.82) is 0 Å². The second-order valence-electron chi connectivity index (χ2n) is 5.65. The van der Waals surface area contributed by atoms with Gasteiger partial charge in [0.15, 0.2) is 0 Å². The van der Waals surface area contributed by atoms with E-state index in [4.69, 9.17) is 7.58 Å². The van der Waals surface area contributed by atoms with Gasteiger partial charge in [0.25, 0.3) is 0 Å². The average Bonchev–Trinajstić information content (AvgIpc) is 2.81. The summed E-state index contributed by atoms with van der Waals surface area (Å²) >= 11 is -0.553.